The molecule has 1 aliphatic carbocycles. The molecule has 0 radical (unpaired) electrons. The number of ether oxygens (including phenoxy) is 1. The summed E-state index contributed by atoms with van der Waals surface area (Å²) in [6, 6.07) is 7.77. The Bertz CT molecular complexity index is 947. The number of urea groups is 1. The molecule has 4 rings (SSSR count). The molecule has 148 valence electrons. The molecule has 2 aliphatic rings. The molecule has 0 aromatic heterocycles. The van der Waals surface area contributed by atoms with Crippen molar-refractivity contribution >= 4 is 23.3 Å². The van der Waals surface area contributed by atoms with Gasteiger partial charge in [0.25, 0.3) is 0 Å². The second-order valence-corrected chi connectivity index (χ2v) is 8.38. The number of carbonyl (C=O) groups is 1. The fraction of sp³-hybridized carbons (Fsp3) is 0.381. The summed E-state index contributed by atoms with van der Waals surface area (Å²) in [5, 5.41) is 15.7. The van der Waals surface area contributed by atoms with E-state index in [2.05, 4.69) is 10.6 Å². The molecule has 0 bridgehead atoms. The van der Waals surface area contributed by atoms with Gasteiger partial charge in [0.05, 0.1) is 12.1 Å². The number of halogens is 2. The molecule has 2 atom stereocenters. The van der Waals surface area contributed by atoms with Crippen molar-refractivity contribution in [1.82, 2.24) is 5.32 Å². The predicted octanol–water partition coefficient (Wildman–Crippen LogP) is 4.36. The van der Waals surface area contributed by atoms with Crippen molar-refractivity contribution in [2.24, 2.45) is 0 Å². The van der Waals surface area contributed by atoms with E-state index < -0.39 is 17.5 Å². The highest BCUT2D eigenvalue weighted by atomic mass is 35.5. The molecule has 0 saturated heterocycles. The summed E-state index contributed by atoms with van der Waals surface area (Å²) in [4.78, 5) is 12.7. The van der Waals surface area contributed by atoms with Crippen molar-refractivity contribution in [3.05, 3.63) is 57.9 Å². The maximum atomic E-state index is 13.9. The van der Waals surface area contributed by atoms with E-state index in [4.69, 9.17) is 16.3 Å². The van der Waals surface area contributed by atoms with Crippen LogP contribution in [0.2, 0.25) is 5.02 Å². The summed E-state index contributed by atoms with van der Waals surface area (Å²) in [5.74, 6) is -0.285. The third-order valence-electron chi connectivity index (χ3n) is 5.25. The highest BCUT2D eigenvalue weighted by molar-refractivity contribution is 6.32. The first kappa shape index (κ1) is 19.0. The van der Waals surface area contributed by atoms with Crippen LogP contribution < -0.4 is 15.4 Å². The zero-order valence-corrected chi connectivity index (χ0v) is 16.4. The number of hydrogen-bond donors (Lipinski definition) is 3. The minimum Gasteiger partial charge on any atom is -0.486 e. The Morgan fingerprint density at radius 1 is 1.29 bits per heavy atom. The third-order valence-corrected chi connectivity index (χ3v) is 5.60. The summed E-state index contributed by atoms with van der Waals surface area (Å²) in [6.07, 6.45) is 1.22. The van der Waals surface area contributed by atoms with Crippen LogP contribution in [0.5, 0.6) is 5.75 Å². The van der Waals surface area contributed by atoms with E-state index in [1.807, 2.05) is 32.0 Å². The van der Waals surface area contributed by atoms with Crippen molar-refractivity contribution in [3.8, 4) is 5.75 Å². The lowest BCUT2D eigenvalue weighted by molar-refractivity contribution is 0.0679. The summed E-state index contributed by atoms with van der Waals surface area (Å²) in [7, 11) is 0. The molecule has 7 heteroatoms. The van der Waals surface area contributed by atoms with Gasteiger partial charge in [0.1, 0.15) is 22.2 Å². The molecule has 2 aromatic rings. The molecule has 2 aromatic carbocycles. The van der Waals surface area contributed by atoms with Crippen LogP contribution in [0.15, 0.2) is 30.3 Å². The average molecular weight is 405 g/mol. The molecule has 3 N–H and O–H groups in total. The van der Waals surface area contributed by atoms with Crippen LogP contribution in [-0.4, -0.2) is 22.8 Å². The Hall–Kier alpha value is -2.31. The van der Waals surface area contributed by atoms with Crippen LogP contribution >= 0.6 is 11.6 Å². The molecule has 0 fully saturated rings. The van der Waals surface area contributed by atoms with Crippen molar-refractivity contribution in [3.63, 3.8) is 0 Å². The first-order valence-electron chi connectivity index (χ1n) is 9.27. The molecule has 1 heterocycles. The van der Waals surface area contributed by atoms with E-state index in [0.29, 0.717) is 30.5 Å². The molecular weight excluding hydrogens is 383 g/mol. The van der Waals surface area contributed by atoms with Crippen molar-refractivity contribution in [1.29, 1.82) is 0 Å². The van der Waals surface area contributed by atoms with Crippen LogP contribution in [0.25, 0.3) is 0 Å². The Morgan fingerprint density at radius 2 is 2.07 bits per heavy atom. The van der Waals surface area contributed by atoms with Gasteiger partial charge in [-0.05, 0) is 43.5 Å². The van der Waals surface area contributed by atoms with Crippen LogP contribution in [0.1, 0.15) is 43.0 Å². The molecule has 1 aliphatic heterocycles. The Balaban J connectivity index is 1.56. The van der Waals surface area contributed by atoms with Gasteiger partial charge in [0.15, 0.2) is 0 Å². The number of aliphatic hydroxyl groups is 1. The highest BCUT2D eigenvalue weighted by Gasteiger charge is 2.36. The normalized spacial score (nSPS) is 22.0. The monoisotopic (exact) mass is 404 g/mol. The Kier molecular flexibility index (Phi) is 4.71. The maximum absolute atomic E-state index is 13.9. The Labute approximate surface area is 167 Å². The first-order chi connectivity index (χ1) is 13.2. The highest BCUT2D eigenvalue weighted by Crippen LogP contribution is 2.44. The molecule has 2 amide bonds. The van der Waals surface area contributed by atoms with Gasteiger partial charge in [0.2, 0.25) is 0 Å². The van der Waals surface area contributed by atoms with Gasteiger partial charge in [0, 0.05) is 24.1 Å². The predicted molar refractivity (Wildman–Crippen MR) is 105 cm³/mol. The third kappa shape index (κ3) is 3.54. The summed E-state index contributed by atoms with van der Waals surface area (Å²) in [6.45, 7) is 3.74. The van der Waals surface area contributed by atoms with Gasteiger partial charge in [-0.15, -0.1) is 0 Å². The lowest BCUT2D eigenvalue weighted by Crippen LogP contribution is -2.42. The lowest BCUT2D eigenvalue weighted by Gasteiger charge is -2.38. The standard InChI is InChI=1S/C21H22ClFN2O3/c1-21(2)10-17(13-6-7-15(23)18(22)19(13)28-21)25-20(27)24-16-5-3-4-11-8-12(26)9-14(11)16/h3-7,12,17,26H,8-10H2,1-2H3,(H2,24,25,27)/t12-,17-/m1/s1. The summed E-state index contributed by atoms with van der Waals surface area (Å²) >= 11 is 6.10. The number of fused-ring (bicyclic) bond motifs is 2. The molecule has 5 nitrogen and oxygen atoms in total. The average Bonchev–Trinajstić information content (AvgIpc) is 2.99. The van der Waals surface area contributed by atoms with Crippen molar-refractivity contribution in [2.45, 2.75) is 50.9 Å². The van der Waals surface area contributed by atoms with Crippen molar-refractivity contribution in [2.75, 3.05) is 5.32 Å². The number of carbonyl (C=O) groups excluding carboxylic acids is 1. The lowest BCUT2D eigenvalue weighted by atomic mass is 9.89. The summed E-state index contributed by atoms with van der Waals surface area (Å²) in [5.41, 5.74) is 2.73. The fourth-order valence-electron chi connectivity index (χ4n) is 4.04. The molecule has 0 unspecified atom stereocenters. The number of anilines is 1. The first-order valence-corrected chi connectivity index (χ1v) is 9.64. The molecule has 0 saturated carbocycles. The smallest absolute Gasteiger partial charge is 0.319 e. The second-order valence-electron chi connectivity index (χ2n) is 8.00. The van der Waals surface area contributed by atoms with E-state index in [1.54, 1.807) is 6.07 Å². The fourth-order valence-corrected chi connectivity index (χ4v) is 4.25. The SMILES string of the molecule is CC1(C)C[C@@H](NC(=O)Nc2cccc3c2C[C@H](O)C3)c2ccc(F)c(Cl)c2O1. The number of benzene rings is 2. The minimum absolute atomic E-state index is 0.0765. The van der Waals surface area contributed by atoms with E-state index >= 15 is 0 Å². The van der Waals surface area contributed by atoms with E-state index in [-0.39, 0.29) is 22.8 Å². The van der Waals surface area contributed by atoms with Crippen LogP contribution in [0.3, 0.4) is 0 Å². The number of hydrogen-bond acceptors (Lipinski definition) is 3. The van der Waals surface area contributed by atoms with Crippen LogP contribution in [0.4, 0.5) is 14.9 Å². The van der Waals surface area contributed by atoms with E-state index in [9.17, 15) is 14.3 Å². The largest absolute Gasteiger partial charge is 0.486 e. The number of aliphatic hydroxyl groups excluding tert-OH is 1. The van der Waals surface area contributed by atoms with Crippen molar-refractivity contribution < 1.29 is 19.0 Å². The second kappa shape index (κ2) is 6.94. The maximum Gasteiger partial charge on any atom is 0.319 e. The van der Waals surface area contributed by atoms with Crippen LogP contribution in [-0.2, 0) is 12.8 Å². The Morgan fingerprint density at radius 3 is 2.86 bits per heavy atom. The zero-order chi connectivity index (χ0) is 20.1. The van der Waals surface area contributed by atoms with Gasteiger partial charge >= 0.3 is 6.03 Å². The summed E-state index contributed by atoms with van der Waals surface area (Å²) < 4.78 is 19.7. The molecule has 28 heavy (non-hydrogen) atoms. The number of rotatable bonds is 2. The molecular formula is C21H22ClFN2O3. The quantitative estimate of drug-likeness (QED) is 0.696. The van der Waals surface area contributed by atoms with Gasteiger partial charge in [-0.2, -0.15) is 0 Å². The topological polar surface area (TPSA) is 70.6 Å². The van der Waals surface area contributed by atoms with Gasteiger partial charge in [-0.1, -0.05) is 29.8 Å². The zero-order valence-electron chi connectivity index (χ0n) is 15.7. The number of amides is 2. The van der Waals surface area contributed by atoms with E-state index in [1.165, 1.54) is 6.07 Å². The van der Waals surface area contributed by atoms with Gasteiger partial charge in [-0.3, -0.25) is 0 Å². The van der Waals surface area contributed by atoms with Gasteiger partial charge < -0.3 is 20.5 Å². The molecule has 0 spiro atoms. The van der Waals surface area contributed by atoms with E-state index in [0.717, 1.165) is 11.1 Å². The van der Waals surface area contributed by atoms with Crippen LogP contribution in [0, 0.1) is 5.82 Å². The number of nitrogens with one attached hydrogen (secondary N) is 2. The van der Waals surface area contributed by atoms with Gasteiger partial charge in [-0.25, -0.2) is 9.18 Å². The minimum atomic E-state index is -0.611.